The second kappa shape index (κ2) is 11.8. The zero-order valence-corrected chi connectivity index (χ0v) is 21.5. The summed E-state index contributed by atoms with van der Waals surface area (Å²) in [5.41, 5.74) is 1.01. The molecule has 1 fully saturated rings. The molecule has 9 heteroatoms. The summed E-state index contributed by atoms with van der Waals surface area (Å²) >= 11 is 5.27. The average Bonchev–Trinajstić information content (AvgIpc) is 2.84. The highest BCUT2D eigenvalue weighted by Gasteiger charge is 2.28. The van der Waals surface area contributed by atoms with Gasteiger partial charge >= 0.3 is 0 Å². The van der Waals surface area contributed by atoms with Crippen molar-refractivity contribution in [1.82, 2.24) is 9.62 Å². The quantitative estimate of drug-likeness (QED) is 0.496. The van der Waals surface area contributed by atoms with Crippen LogP contribution in [0.5, 0.6) is 5.75 Å². The van der Waals surface area contributed by atoms with E-state index in [1.165, 1.54) is 10.7 Å². The van der Waals surface area contributed by atoms with Crippen LogP contribution in [0.2, 0.25) is 0 Å². The van der Waals surface area contributed by atoms with Gasteiger partial charge in [0.2, 0.25) is 10.0 Å². The number of anilines is 1. The first-order valence-corrected chi connectivity index (χ1v) is 13.5. The molecule has 1 aliphatic carbocycles. The summed E-state index contributed by atoms with van der Waals surface area (Å²) in [6.45, 7) is 4.00. The van der Waals surface area contributed by atoms with Gasteiger partial charge in [0.05, 0.1) is 11.0 Å². The maximum atomic E-state index is 13.0. The Labute approximate surface area is 207 Å². The summed E-state index contributed by atoms with van der Waals surface area (Å²) in [7, 11) is -1.90. The van der Waals surface area contributed by atoms with E-state index in [9.17, 15) is 13.2 Å². The van der Waals surface area contributed by atoms with Gasteiger partial charge in [-0.05, 0) is 80.9 Å². The summed E-state index contributed by atoms with van der Waals surface area (Å²) in [6.07, 6.45) is 6.00. The molecule has 0 bridgehead atoms. The van der Waals surface area contributed by atoms with E-state index in [1.54, 1.807) is 55.6 Å². The molecule has 184 valence electrons. The van der Waals surface area contributed by atoms with E-state index < -0.39 is 10.0 Å². The number of hydrogen-bond donors (Lipinski definition) is 2. The van der Waals surface area contributed by atoms with Crippen LogP contribution in [0.3, 0.4) is 0 Å². The number of sulfonamides is 1. The molecule has 1 aliphatic rings. The first kappa shape index (κ1) is 26.1. The van der Waals surface area contributed by atoms with E-state index in [1.807, 2.05) is 13.8 Å². The lowest BCUT2D eigenvalue weighted by atomic mass is 9.96. The first-order valence-electron chi connectivity index (χ1n) is 11.7. The van der Waals surface area contributed by atoms with Crippen molar-refractivity contribution in [3.63, 3.8) is 0 Å². The molecule has 0 spiro atoms. The number of nitrogens with zero attached hydrogens (tertiary/aromatic N) is 1. The number of nitrogens with one attached hydrogen (secondary N) is 2. The predicted octanol–water partition coefficient (Wildman–Crippen LogP) is 4.94. The molecule has 2 aromatic rings. The molecule has 0 aromatic heterocycles. The van der Waals surface area contributed by atoms with Crippen LogP contribution in [0.25, 0.3) is 0 Å². The van der Waals surface area contributed by atoms with Crippen LogP contribution in [0, 0.1) is 0 Å². The van der Waals surface area contributed by atoms with Gasteiger partial charge in [0, 0.05) is 24.3 Å². The number of carbonyl (C=O) groups is 1. The number of benzene rings is 2. The van der Waals surface area contributed by atoms with Gasteiger partial charge in [0.1, 0.15) is 5.75 Å². The molecule has 2 aromatic carbocycles. The minimum atomic E-state index is -3.56. The highest BCUT2D eigenvalue weighted by molar-refractivity contribution is 7.89. The van der Waals surface area contributed by atoms with E-state index in [0.717, 1.165) is 32.1 Å². The van der Waals surface area contributed by atoms with E-state index >= 15 is 0 Å². The molecule has 0 saturated heterocycles. The van der Waals surface area contributed by atoms with Gasteiger partial charge in [-0.25, -0.2) is 8.42 Å². The van der Waals surface area contributed by atoms with E-state index in [-0.39, 0.29) is 28.1 Å². The fraction of sp³-hybridized carbons (Fsp3) is 0.440. The molecular formula is C25H33N3O4S2. The molecule has 34 heavy (non-hydrogen) atoms. The Balaban J connectivity index is 1.59. The summed E-state index contributed by atoms with van der Waals surface area (Å²) in [6, 6.07) is 13.4. The number of amides is 1. The predicted molar refractivity (Wildman–Crippen MR) is 139 cm³/mol. The molecule has 1 amide bonds. The largest absolute Gasteiger partial charge is 0.491 e. The monoisotopic (exact) mass is 503 g/mol. The van der Waals surface area contributed by atoms with Crippen LogP contribution in [-0.2, 0) is 10.0 Å². The Bertz CT molecular complexity index is 1100. The van der Waals surface area contributed by atoms with Crippen LogP contribution in [0.4, 0.5) is 5.69 Å². The third-order valence-corrected chi connectivity index (χ3v) is 8.24. The summed E-state index contributed by atoms with van der Waals surface area (Å²) < 4.78 is 33.3. The first-order chi connectivity index (χ1) is 16.2. The third kappa shape index (κ3) is 6.77. The normalized spacial score (nSPS) is 15.5. The second-order valence-electron chi connectivity index (χ2n) is 8.61. The average molecular weight is 504 g/mol. The van der Waals surface area contributed by atoms with Crippen LogP contribution in [0.15, 0.2) is 53.4 Å². The highest BCUT2D eigenvalue weighted by atomic mass is 32.2. The SMILES string of the molecule is CCC(C)Oc1cccc(C(=O)NC(=S)Nc2ccc(S(=O)(=O)N(C)C3CCCCC3)cc2)c1. The van der Waals surface area contributed by atoms with Crippen LogP contribution >= 0.6 is 12.2 Å². The van der Waals surface area contributed by atoms with Gasteiger partial charge in [-0.2, -0.15) is 4.31 Å². The third-order valence-electron chi connectivity index (χ3n) is 6.11. The lowest BCUT2D eigenvalue weighted by Crippen LogP contribution is -2.38. The summed E-state index contributed by atoms with van der Waals surface area (Å²) in [5, 5.41) is 5.69. The van der Waals surface area contributed by atoms with Crippen molar-refractivity contribution >= 4 is 38.9 Å². The van der Waals surface area contributed by atoms with Crippen molar-refractivity contribution in [1.29, 1.82) is 0 Å². The van der Waals surface area contributed by atoms with Gasteiger partial charge in [-0.15, -0.1) is 0 Å². The van der Waals surface area contributed by atoms with Gasteiger partial charge in [-0.3, -0.25) is 10.1 Å². The Morgan fingerprint density at radius 2 is 1.82 bits per heavy atom. The molecule has 7 nitrogen and oxygen atoms in total. The van der Waals surface area contributed by atoms with Crippen molar-refractivity contribution < 1.29 is 17.9 Å². The highest BCUT2D eigenvalue weighted by Crippen LogP contribution is 2.27. The summed E-state index contributed by atoms with van der Waals surface area (Å²) in [5.74, 6) is 0.260. The molecule has 0 radical (unpaired) electrons. The van der Waals surface area contributed by atoms with Crippen molar-refractivity contribution in [2.24, 2.45) is 0 Å². The zero-order chi connectivity index (χ0) is 24.7. The topological polar surface area (TPSA) is 87.7 Å². The Morgan fingerprint density at radius 3 is 2.47 bits per heavy atom. The van der Waals surface area contributed by atoms with Gasteiger partial charge in [-0.1, -0.05) is 32.3 Å². The van der Waals surface area contributed by atoms with E-state index in [0.29, 0.717) is 17.0 Å². The molecule has 0 heterocycles. The minimum absolute atomic E-state index is 0.0495. The number of thiocarbonyl (C=S) groups is 1. The molecule has 1 saturated carbocycles. The van der Waals surface area contributed by atoms with Crippen molar-refractivity contribution in [2.45, 2.75) is 69.4 Å². The second-order valence-corrected chi connectivity index (χ2v) is 11.0. The lowest BCUT2D eigenvalue weighted by Gasteiger charge is -2.30. The smallest absolute Gasteiger partial charge is 0.257 e. The maximum absolute atomic E-state index is 13.0. The standard InChI is InChI=1S/C25H33N3O4S2/c1-4-18(2)32-22-12-8-9-19(17-22)24(29)27-25(33)26-20-13-15-23(16-14-20)34(30,31)28(3)21-10-6-5-7-11-21/h8-9,12-18,21H,4-7,10-11H2,1-3H3,(H2,26,27,29,33). The zero-order valence-electron chi connectivity index (χ0n) is 19.9. The molecule has 0 aliphatic heterocycles. The van der Waals surface area contributed by atoms with E-state index in [4.69, 9.17) is 17.0 Å². The molecule has 2 N–H and O–H groups in total. The van der Waals surface area contributed by atoms with Crippen molar-refractivity contribution in [2.75, 3.05) is 12.4 Å². The Morgan fingerprint density at radius 1 is 1.15 bits per heavy atom. The summed E-state index contributed by atoms with van der Waals surface area (Å²) in [4.78, 5) is 12.8. The lowest BCUT2D eigenvalue weighted by molar-refractivity contribution is 0.0977. The maximum Gasteiger partial charge on any atom is 0.257 e. The Hall–Kier alpha value is -2.49. The fourth-order valence-electron chi connectivity index (χ4n) is 3.88. The van der Waals surface area contributed by atoms with Gasteiger partial charge in [0.25, 0.3) is 5.91 Å². The van der Waals surface area contributed by atoms with Crippen molar-refractivity contribution in [3.05, 3.63) is 54.1 Å². The molecule has 1 unspecified atom stereocenters. The van der Waals surface area contributed by atoms with Crippen LogP contribution < -0.4 is 15.4 Å². The molecule has 3 rings (SSSR count). The molecular weight excluding hydrogens is 470 g/mol. The number of hydrogen-bond acceptors (Lipinski definition) is 5. The number of ether oxygens (including phenoxy) is 1. The fourth-order valence-corrected chi connectivity index (χ4v) is 5.51. The molecule has 1 atom stereocenters. The minimum Gasteiger partial charge on any atom is -0.491 e. The van der Waals surface area contributed by atoms with Crippen LogP contribution in [0.1, 0.15) is 62.7 Å². The number of carbonyl (C=O) groups excluding carboxylic acids is 1. The Kier molecular flexibility index (Phi) is 9.04. The van der Waals surface area contributed by atoms with Gasteiger partial charge in [0.15, 0.2) is 5.11 Å². The van der Waals surface area contributed by atoms with Gasteiger partial charge < -0.3 is 10.1 Å². The van der Waals surface area contributed by atoms with Crippen LogP contribution in [-0.4, -0.2) is 42.9 Å². The number of rotatable bonds is 8. The van der Waals surface area contributed by atoms with E-state index in [2.05, 4.69) is 10.6 Å². The van der Waals surface area contributed by atoms with Crippen molar-refractivity contribution in [3.8, 4) is 5.75 Å².